The van der Waals surface area contributed by atoms with E-state index in [0.717, 1.165) is 5.82 Å². The Hall–Kier alpha value is -1.62. The van der Waals surface area contributed by atoms with Gasteiger partial charge in [-0.05, 0) is 13.8 Å². The predicted octanol–water partition coefficient (Wildman–Crippen LogP) is 2.11. The van der Waals surface area contributed by atoms with E-state index in [2.05, 4.69) is 9.97 Å². The van der Waals surface area contributed by atoms with Crippen LogP contribution >= 0.6 is 11.6 Å². The molecule has 0 aliphatic heterocycles. The van der Waals surface area contributed by atoms with Crippen LogP contribution in [0.5, 0.6) is 0 Å². The maximum atomic E-state index is 11.6. The Labute approximate surface area is 103 Å². The predicted molar refractivity (Wildman–Crippen MR) is 64.2 cm³/mol. The van der Waals surface area contributed by atoms with E-state index in [0.29, 0.717) is 17.8 Å². The smallest absolute Gasteiger partial charge is 0.341 e. The van der Waals surface area contributed by atoms with Crippen molar-refractivity contribution in [1.29, 1.82) is 0 Å². The SMILES string of the molecule is CCOC(=O)c1cnc2c(nc(C)n2C)c1Cl. The molecule has 0 fully saturated rings. The second-order valence-electron chi connectivity index (χ2n) is 3.60. The zero-order valence-corrected chi connectivity index (χ0v) is 10.6. The van der Waals surface area contributed by atoms with Gasteiger partial charge in [0.1, 0.15) is 11.3 Å². The van der Waals surface area contributed by atoms with Gasteiger partial charge in [-0.15, -0.1) is 0 Å². The van der Waals surface area contributed by atoms with Crippen LogP contribution in [0, 0.1) is 6.92 Å². The zero-order valence-electron chi connectivity index (χ0n) is 9.82. The maximum absolute atomic E-state index is 11.6. The largest absolute Gasteiger partial charge is 0.462 e. The molecule has 0 aliphatic rings. The Kier molecular flexibility index (Phi) is 3.02. The summed E-state index contributed by atoms with van der Waals surface area (Å²) in [7, 11) is 1.85. The first-order valence-corrected chi connectivity index (χ1v) is 5.58. The van der Waals surface area contributed by atoms with Crippen molar-refractivity contribution in [2.24, 2.45) is 7.05 Å². The van der Waals surface area contributed by atoms with E-state index in [-0.39, 0.29) is 10.6 Å². The zero-order chi connectivity index (χ0) is 12.6. The number of ether oxygens (including phenoxy) is 1. The molecule has 2 heterocycles. The van der Waals surface area contributed by atoms with Crippen LogP contribution in [0.2, 0.25) is 5.02 Å². The van der Waals surface area contributed by atoms with E-state index >= 15 is 0 Å². The van der Waals surface area contributed by atoms with Gasteiger partial charge in [-0.1, -0.05) is 11.6 Å². The van der Waals surface area contributed by atoms with E-state index in [1.807, 2.05) is 18.5 Å². The number of nitrogens with zero attached hydrogens (tertiary/aromatic N) is 3. The lowest BCUT2D eigenvalue weighted by Crippen LogP contribution is -2.06. The third-order valence-corrected chi connectivity index (χ3v) is 2.93. The first-order valence-electron chi connectivity index (χ1n) is 5.21. The van der Waals surface area contributed by atoms with Crippen molar-refractivity contribution in [3.05, 3.63) is 22.6 Å². The van der Waals surface area contributed by atoms with Gasteiger partial charge in [-0.2, -0.15) is 0 Å². The molecule has 0 bridgehead atoms. The van der Waals surface area contributed by atoms with E-state index in [9.17, 15) is 4.79 Å². The molecule has 2 aromatic rings. The molecule has 5 nitrogen and oxygen atoms in total. The van der Waals surface area contributed by atoms with Gasteiger partial charge in [-0.25, -0.2) is 14.8 Å². The van der Waals surface area contributed by atoms with Crippen LogP contribution in [-0.4, -0.2) is 27.1 Å². The first-order chi connectivity index (χ1) is 8.06. The number of esters is 1. The van der Waals surface area contributed by atoms with E-state index in [1.165, 1.54) is 6.20 Å². The number of halogens is 1. The molecule has 0 radical (unpaired) electrons. The summed E-state index contributed by atoms with van der Waals surface area (Å²) in [6.45, 7) is 3.89. The number of rotatable bonds is 2. The summed E-state index contributed by atoms with van der Waals surface area (Å²) in [5, 5.41) is 0.289. The van der Waals surface area contributed by atoms with E-state index in [1.54, 1.807) is 6.92 Å². The van der Waals surface area contributed by atoms with Gasteiger partial charge in [0, 0.05) is 13.2 Å². The molecular weight excluding hydrogens is 242 g/mol. The molecule has 0 amide bonds. The lowest BCUT2D eigenvalue weighted by Gasteiger charge is -2.03. The molecule has 6 heteroatoms. The highest BCUT2D eigenvalue weighted by molar-refractivity contribution is 6.37. The average Bonchev–Trinajstić information content (AvgIpc) is 2.58. The topological polar surface area (TPSA) is 57.0 Å². The minimum Gasteiger partial charge on any atom is -0.462 e. The minimum atomic E-state index is -0.477. The molecule has 90 valence electrons. The molecule has 2 rings (SSSR count). The number of aromatic nitrogens is 3. The summed E-state index contributed by atoms with van der Waals surface area (Å²) in [6, 6.07) is 0. The third-order valence-electron chi connectivity index (χ3n) is 2.54. The molecule has 0 atom stereocenters. The fraction of sp³-hybridized carbons (Fsp3) is 0.364. The molecule has 0 N–H and O–H groups in total. The van der Waals surface area contributed by atoms with Crippen LogP contribution in [0.3, 0.4) is 0 Å². The normalized spacial score (nSPS) is 10.8. The molecule has 2 aromatic heterocycles. The van der Waals surface area contributed by atoms with Crippen LogP contribution < -0.4 is 0 Å². The number of carbonyl (C=O) groups is 1. The van der Waals surface area contributed by atoms with Crippen LogP contribution in [0.15, 0.2) is 6.20 Å². The van der Waals surface area contributed by atoms with E-state index < -0.39 is 5.97 Å². The molecule has 0 spiro atoms. The number of fused-ring (bicyclic) bond motifs is 1. The van der Waals surface area contributed by atoms with Crippen molar-refractivity contribution in [3.63, 3.8) is 0 Å². The van der Waals surface area contributed by atoms with Crippen molar-refractivity contribution in [3.8, 4) is 0 Å². The lowest BCUT2D eigenvalue weighted by molar-refractivity contribution is 0.0526. The first kappa shape index (κ1) is 11.9. The van der Waals surface area contributed by atoms with Crippen LogP contribution in [0.25, 0.3) is 11.2 Å². The Balaban J connectivity index is 2.62. The standard InChI is InChI=1S/C11H12ClN3O2/c1-4-17-11(16)7-5-13-10-9(8(7)12)14-6(2)15(10)3/h5H,4H2,1-3H3. The molecule has 0 saturated carbocycles. The summed E-state index contributed by atoms with van der Waals surface area (Å²) in [5.74, 6) is 0.311. The molecule has 0 aliphatic carbocycles. The second kappa shape index (κ2) is 4.33. The summed E-state index contributed by atoms with van der Waals surface area (Å²) in [6.07, 6.45) is 1.42. The minimum absolute atomic E-state index is 0.249. The highest BCUT2D eigenvalue weighted by Crippen LogP contribution is 2.25. The van der Waals surface area contributed by atoms with Gasteiger partial charge in [-0.3, -0.25) is 0 Å². The fourth-order valence-corrected chi connectivity index (χ4v) is 1.81. The van der Waals surface area contributed by atoms with Gasteiger partial charge in [0.05, 0.1) is 17.2 Å². The van der Waals surface area contributed by atoms with Crippen LogP contribution in [0.4, 0.5) is 0 Å². The fourth-order valence-electron chi connectivity index (χ4n) is 1.55. The van der Waals surface area contributed by atoms with Crippen molar-refractivity contribution in [1.82, 2.24) is 14.5 Å². The maximum Gasteiger partial charge on any atom is 0.341 e. The van der Waals surface area contributed by atoms with Gasteiger partial charge in [0.25, 0.3) is 0 Å². The van der Waals surface area contributed by atoms with Crippen LogP contribution in [0.1, 0.15) is 23.1 Å². The molecular formula is C11H12ClN3O2. The number of pyridine rings is 1. The number of hydrogen-bond acceptors (Lipinski definition) is 4. The Morgan fingerprint density at radius 3 is 2.94 bits per heavy atom. The van der Waals surface area contributed by atoms with Crippen molar-refractivity contribution in [2.75, 3.05) is 6.61 Å². The monoisotopic (exact) mass is 253 g/mol. The Morgan fingerprint density at radius 2 is 2.29 bits per heavy atom. The van der Waals surface area contributed by atoms with E-state index in [4.69, 9.17) is 16.3 Å². The molecule has 0 unspecified atom stereocenters. The number of imidazole rings is 1. The van der Waals surface area contributed by atoms with Gasteiger partial charge < -0.3 is 9.30 Å². The highest BCUT2D eigenvalue weighted by atomic mass is 35.5. The molecule has 17 heavy (non-hydrogen) atoms. The van der Waals surface area contributed by atoms with Crippen LogP contribution in [-0.2, 0) is 11.8 Å². The number of carbonyl (C=O) groups excluding carboxylic acids is 1. The summed E-state index contributed by atoms with van der Waals surface area (Å²) < 4.78 is 6.71. The third kappa shape index (κ3) is 1.86. The summed E-state index contributed by atoms with van der Waals surface area (Å²) in [4.78, 5) is 20.1. The molecule has 0 aromatic carbocycles. The van der Waals surface area contributed by atoms with Crippen molar-refractivity contribution in [2.45, 2.75) is 13.8 Å². The Bertz CT molecular complexity index is 592. The number of hydrogen-bond donors (Lipinski definition) is 0. The number of aryl methyl sites for hydroxylation is 2. The summed E-state index contributed by atoms with van der Waals surface area (Å²) in [5.41, 5.74) is 1.43. The lowest BCUT2D eigenvalue weighted by atomic mass is 10.2. The van der Waals surface area contributed by atoms with Crippen molar-refractivity contribution < 1.29 is 9.53 Å². The van der Waals surface area contributed by atoms with Gasteiger partial charge in [0.2, 0.25) is 0 Å². The van der Waals surface area contributed by atoms with Gasteiger partial charge in [0.15, 0.2) is 5.65 Å². The summed E-state index contributed by atoms with van der Waals surface area (Å²) >= 11 is 6.14. The van der Waals surface area contributed by atoms with Gasteiger partial charge >= 0.3 is 5.97 Å². The van der Waals surface area contributed by atoms with Crippen molar-refractivity contribution >= 4 is 28.7 Å². The second-order valence-corrected chi connectivity index (χ2v) is 3.97. The quantitative estimate of drug-likeness (QED) is 0.769. The Morgan fingerprint density at radius 1 is 1.59 bits per heavy atom. The average molecular weight is 254 g/mol. The molecule has 0 saturated heterocycles. The highest BCUT2D eigenvalue weighted by Gasteiger charge is 2.18.